The molecule has 0 unspecified atom stereocenters. The molecule has 0 fully saturated rings. The van der Waals surface area contributed by atoms with E-state index in [1.54, 1.807) is 6.92 Å². The van der Waals surface area contributed by atoms with Gasteiger partial charge in [-0.2, -0.15) is 0 Å². The van der Waals surface area contributed by atoms with E-state index < -0.39 is 24.0 Å². The smallest absolute Gasteiger partial charge is 0.495 e. The van der Waals surface area contributed by atoms with Gasteiger partial charge in [0.25, 0.3) is 5.91 Å². The molecule has 9 nitrogen and oxygen atoms in total. The first-order valence-corrected chi connectivity index (χ1v) is 10.7. The number of methoxy groups -OCH3 is 3. The molecule has 3 rings (SSSR count). The summed E-state index contributed by atoms with van der Waals surface area (Å²) in [5.74, 6) is -1.88. The monoisotopic (exact) mass is 540 g/mol. The summed E-state index contributed by atoms with van der Waals surface area (Å²) >= 11 is 6.37. The maximum atomic E-state index is 13.3. The van der Waals surface area contributed by atoms with Crippen molar-refractivity contribution in [1.82, 2.24) is 4.98 Å². The van der Waals surface area contributed by atoms with E-state index in [2.05, 4.69) is 19.8 Å². The van der Waals surface area contributed by atoms with Gasteiger partial charge in [0.2, 0.25) is 0 Å². The number of anilines is 1. The van der Waals surface area contributed by atoms with Crippen molar-refractivity contribution in [1.29, 1.82) is 0 Å². The van der Waals surface area contributed by atoms with Crippen LogP contribution < -0.4 is 24.3 Å². The molecule has 2 aromatic carbocycles. The molecule has 13 heteroatoms. The Labute approximate surface area is 214 Å². The predicted octanol–water partition coefficient (Wildman–Crippen LogP) is 5.79. The second kappa shape index (κ2) is 11.2. The van der Waals surface area contributed by atoms with Crippen molar-refractivity contribution in [2.24, 2.45) is 0 Å². The molecule has 0 aliphatic carbocycles. The van der Waals surface area contributed by atoms with E-state index >= 15 is 0 Å². The van der Waals surface area contributed by atoms with Crippen molar-refractivity contribution < 1.29 is 46.4 Å². The molecular formula is C24H20ClF3N2O7. The van der Waals surface area contributed by atoms with Crippen LogP contribution >= 0.6 is 11.6 Å². The van der Waals surface area contributed by atoms with Crippen molar-refractivity contribution >= 4 is 29.2 Å². The van der Waals surface area contributed by atoms with Crippen LogP contribution in [0.3, 0.4) is 0 Å². The van der Waals surface area contributed by atoms with Gasteiger partial charge >= 0.3 is 12.3 Å². The van der Waals surface area contributed by atoms with Crippen LogP contribution in [-0.2, 0) is 4.74 Å². The largest absolute Gasteiger partial charge is 0.573 e. The van der Waals surface area contributed by atoms with Gasteiger partial charge in [-0.15, -0.1) is 13.2 Å². The molecule has 37 heavy (non-hydrogen) atoms. The highest BCUT2D eigenvalue weighted by Gasteiger charge is 2.31. The Hall–Kier alpha value is -4.19. The Kier molecular flexibility index (Phi) is 8.33. The van der Waals surface area contributed by atoms with Crippen molar-refractivity contribution in [3.63, 3.8) is 0 Å². The average Bonchev–Trinajstić information content (AvgIpc) is 2.85. The molecule has 0 spiro atoms. The fourth-order valence-electron chi connectivity index (χ4n) is 3.21. The molecule has 196 valence electrons. The van der Waals surface area contributed by atoms with Crippen LogP contribution in [0.5, 0.6) is 28.7 Å². The highest BCUT2D eigenvalue weighted by Crippen LogP contribution is 2.42. The van der Waals surface area contributed by atoms with E-state index in [4.69, 9.17) is 25.8 Å². The molecule has 1 heterocycles. The number of halogens is 4. The van der Waals surface area contributed by atoms with Crippen molar-refractivity contribution in [3.05, 3.63) is 64.4 Å². The first-order valence-electron chi connectivity index (χ1n) is 10.3. The molecule has 0 radical (unpaired) electrons. The number of alkyl halides is 3. The number of nitrogens with one attached hydrogen (secondary N) is 1. The number of esters is 1. The second-order valence-electron chi connectivity index (χ2n) is 7.23. The zero-order valence-electron chi connectivity index (χ0n) is 19.9. The molecular weight excluding hydrogens is 521 g/mol. The van der Waals surface area contributed by atoms with E-state index in [0.717, 1.165) is 12.1 Å². The standard InChI is InChI=1S/C24H20ClF3N2O7/c1-12-20(22(31)30-13-7-8-29-15(9-13)23(32)35-4)18(11-19(34-3)21(12)25)36-16-6-5-14(10-17(16)33-2)37-24(26,27)28/h5-11H,1-4H3,(H,29,30,31). The lowest BCUT2D eigenvalue weighted by molar-refractivity contribution is -0.274. The van der Waals surface area contributed by atoms with Crippen molar-refractivity contribution in [2.75, 3.05) is 26.6 Å². The van der Waals surface area contributed by atoms with Gasteiger partial charge in [0.15, 0.2) is 11.5 Å². The quantitative estimate of drug-likeness (QED) is 0.358. The zero-order valence-corrected chi connectivity index (χ0v) is 20.6. The van der Waals surface area contributed by atoms with Crippen LogP contribution in [0, 0.1) is 6.92 Å². The minimum atomic E-state index is -4.90. The number of benzene rings is 2. The van der Waals surface area contributed by atoms with Gasteiger partial charge in [-0.05, 0) is 36.8 Å². The lowest BCUT2D eigenvalue weighted by Gasteiger charge is -2.19. The molecule has 1 amide bonds. The molecule has 1 aromatic heterocycles. The highest BCUT2D eigenvalue weighted by atomic mass is 35.5. The number of nitrogens with zero attached hydrogens (tertiary/aromatic N) is 1. The summed E-state index contributed by atoms with van der Waals surface area (Å²) in [5, 5.41) is 2.76. The van der Waals surface area contributed by atoms with Crippen LogP contribution in [0.1, 0.15) is 26.4 Å². The third-order valence-electron chi connectivity index (χ3n) is 4.88. The summed E-state index contributed by atoms with van der Waals surface area (Å²) in [7, 11) is 3.78. The maximum absolute atomic E-state index is 13.3. The van der Waals surface area contributed by atoms with Crippen LogP contribution in [0.25, 0.3) is 0 Å². The first kappa shape index (κ1) is 27.4. The average molecular weight is 541 g/mol. The van der Waals surface area contributed by atoms with Gasteiger partial charge in [-0.3, -0.25) is 4.79 Å². The summed E-state index contributed by atoms with van der Waals surface area (Å²) < 4.78 is 62.7. The van der Waals surface area contributed by atoms with E-state index in [9.17, 15) is 22.8 Å². The normalized spacial score (nSPS) is 10.9. The number of rotatable bonds is 8. The Morgan fingerprint density at radius 2 is 1.65 bits per heavy atom. The summed E-state index contributed by atoms with van der Waals surface area (Å²) in [6.45, 7) is 1.55. The van der Waals surface area contributed by atoms with E-state index in [-0.39, 0.29) is 50.5 Å². The molecule has 0 aliphatic rings. The Morgan fingerprint density at radius 3 is 2.27 bits per heavy atom. The SMILES string of the molecule is COC(=O)c1cc(NC(=O)c2c(Oc3ccc(OC(F)(F)F)cc3OC)cc(OC)c(Cl)c2C)ccn1. The molecule has 0 atom stereocenters. The van der Waals surface area contributed by atoms with Gasteiger partial charge < -0.3 is 29.0 Å². The third kappa shape index (κ3) is 6.53. The van der Waals surface area contributed by atoms with E-state index in [1.807, 2.05) is 0 Å². The topological polar surface area (TPSA) is 105 Å². The summed E-state index contributed by atoms with van der Waals surface area (Å²) in [5.41, 5.74) is 0.461. The molecule has 0 aliphatic heterocycles. The molecule has 0 saturated heterocycles. The Bertz CT molecular complexity index is 1330. The lowest BCUT2D eigenvalue weighted by atomic mass is 10.1. The number of amides is 1. The van der Waals surface area contributed by atoms with Crippen molar-refractivity contribution in [3.8, 4) is 28.7 Å². The summed E-state index contributed by atoms with van der Waals surface area (Å²) in [6.07, 6.45) is -3.59. The van der Waals surface area contributed by atoms with Crippen molar-refractivity contribution in [2.45, 2.75) is 13.3 Å². The fraction of sp³-hybridized carbons (Fsp3) is 0.208. The van der Waals surface area contributed by atoms with Gasteiger partial charge in [0.1, 0.15) is 22.9 Å². The summed E-state index contributed by atoms with van der Waals surface area (Å²) in [6, 6.07) is 7.30. The Morgan fingerprint density at radius 1 is 0.946 bits per heavy atom. The number of hydrogen-bond acceptors (Lipinski definition) is 8. The fourth-order valence-corrected chi connectivity index (χ4v) is 3.44. The molecule has 3 aromatic rings. The first-order chi connectivity index (χ1) is 17.5. The van der Waals surface area contributed by atoms with Crippen LogP contribution in [0.4, 0.5) is 18.9 Å². The second-order valence-corrected chi connectivity index (χ2v) is 7.61. The maximum Gasteiger partial charge on any atom is 0.573 e. The number of pyridine rings is 1. The van der Waals surface area contributed by atoms with Crippen LogP contribution in [0.2, 0.25) is 5.02 Å². The molecule has 0 bridgehead atoms. The number of ether oxygens (including phenoxy) is 5. The number of aromatic nitrogens is 1. The van der Waals surface area contributed by atoms with Gasteiger partial charge in [0.05, 0.1) is 31.9 Å². The third-order valence-corrected chi connectivity index (χ3v) is 5.35. The van der Waals surface area contributed by atoms with Crippen LogP contribution in [-0.4, -0.2) is 44.6 Å². The number of carbonyl (C=O) groups excluding carboxylic acids is 2. The highest BCUT2D eigenvalue weighted by molar-refractivity contribution is 6.33. The van der Waals surface area contributed by atoms with E-state index in [0.29, 0.717) is 0 Å². The van der Waals surface area contributed by atoms with Crippen LogP contribution in [0.15, 0.2) is 42.6 Å². The Balaban J connectivity index is 2.02. The number of carbonyl (C=O) groups is 2. The minimum Gasteiger partial charge on any atom is -0.495 e. The molecule has 0 saturated carbocycles. The van der Waals surface area contributed by atoms with Gasteiger partial charge in [-0.1, -0.05) is 11.6 Å². The van der Waals surface area contributed by atoms with E-state index in [1.165, 1.54) is 51.8 Å². The van der Waals surface area contributed by atoms with Gasteiger partial charge in [0, 0.05) is 24.0 Å². The predicted molar refractivity (Wildman–Crippen MR) is 126 cm³/mol. The van der Waals surface area contributed by atoms with Gasteiger partial charge in [-0.25, -0.2) is 9.78 Å². The minimum absolute atomic E-state index is 0.0140. The summed E-state index contributed by atoms with van der Waals surface area (Å²) in [4.78, 5) is 29.0. The lowest BCUT2D eigenvalue weighted by Crippen LogP contribution is -2.17. The number of hydrogen-bond donors (Lipinski definition) is 1. The molecule has 1 N–H and O–H groups in total. The zero-order chi connectivity index (χ0) is 27.3.